The Balaban J connectivity index is 0.974. The first kappa shape index (κ1) is 39.5. The van der Waals surface area contributed by atoms with Crippen LogP contribution in [0.2, 0.25) is 0 Å². The third-order valence-electron chi connectivity index (χ3n) is 17.7. The number of hydrogen-bond donors (Lipinski definition) is 0. The van der Waals surface area contributed by atoms with Crippen LogP contribution < -0.4 is 4.90 Å². The largest absolute Gasteiger partial charge is 0.310 e. The Labute approximate surface area is 395 Å². The smallest absolute Gasteiger partial charge is 0.0588 e. The predicted octanol–water partition coefficient (Wildman–Crippen LogP) is 17.7. The van der Waals surface area contributed by atoms with Gasteiger partial charge in [0.15, 0.2) is 0 Å². The van der Waals surface area contributed by atoms with Crippen LogP contribution in [0.25, 0.3) is 60.9 Å². The van der Waals surface area contributed by atoms with Gasteiger partial charge in [-0.1, -0.05) is 148 Å². The summed E-state index contributed by atoms with van der Waals surface area (Å²) in [7, 11) is 0. The third kappa shape index (κ3) is 6.21. The first-order chi connectivity index (χ1) is 32.9. The Morgan fingerprint density at radius 2 is 1.04 bits per heavy atom. The molecule has 2 nitrogen and oxygen atoms in total. The summed E-state index contributed by atoms with van der Waals surface area (Å²) in [5.41, 5.74) is 20.6. The van der Waals surface area contributed by atoms with Gasteiger partial charge < -0.3 is 9.47 Å². The Hall–Kier alpha value is -6.64. The van der Waals surface area contributed by atoms with Crippen molar-refractivity contribution in [1.82, 2.24) is 4.57 Å². The quantitative estimate of drug-likeness (QED) is 0.148. The van der Waals surface area contributed by atoms with Gasteiger partial charge in [0.1, 0.15) is 0 Å². The van der Waals surface area contributed by atoms with Crippen molar-refractivity contribution < 1.29 is 0 Å². The maximum absolute atomic E-state index is 2.57. The van der Waals surface area contributed by atoms with Crippen molar-refractivity contribution in [3.63, 3.8) is 0 Å². The number of benzene rings is 8. The second-order valence-corrected chi connectivity index (χ2v) is 21.6. The van der Waals surface area contributed by atoms with Crippen molar-refractivity contribution in [2.45, 2.75) is 82.5 Å². The second kappa shape index (κ2) is 15.2. The van der Waals surface area contributed by atoms with E-state index in [1.54, 1.807) is 0 Å². The van der Waals surface area contributed by atoms with Crippen molar-refractivity contribution in [1.29, 1.82) is 0 Å². The van der Waals surface area contributed by atoms with E-state index in [0.29, 0.717) is 11.8 Å². The Kier molecular flexibility index (Phi) is 8.96. The number of aromatic nitrogens is 1. The van der Waals surface area contributed by atoms with E-state index in [2.05, 4.69) is 205 Å². The zero-order valence-electron chi connectivity index (χ0n) is 38.8. The molecule has 2 heteroatoms. The number of fused-ring (bicyclic) bond motifs is 11. The van der Waals surface area contributed by atoms with Crippen LogP contribution in [0, 0.1) is 23.7 Å². The standard InChI is InChI=1S/C65H58N2/c1-65(2)60-40-53(66(51-27-22-45(23-28-51)56-36-41-18-20-48(56)34-41)52-29-24-46(25-30-52)57-37-42-19-21-49(57)35-42)39-58(44-14-8-4-9-15-44)62(60)55-32-31-54-59-38-47(43-12-6-3-7-13-43)26-33-61(59)67(64(54)63(55)65)50-16-10-5-11-17-50/h3-17,22-33,38-42,48-49,56-57H,18-21,34-37H2,1-2H3. The van der Waals surface area contributed by atoms with E-state index in [0.717, 1.165) is 23.7 Å². The van der Waals surface area contributed by atoms with E-state index in [-0.39, 0.29) is 5.41 Å². The minimum Gasteiger partial charge on any atom is -0.310 e. The lowest BCUT2D eigenvalue weighted by molar-refractivity contribution is 0.420. The molecule has 0 saturated heterocycles. The van der Waals surface area contributed by atoms with Gasteiger partial charge in [-0.05, 0) is 190 Å². The highest BCUT2D eigenvalue weighted by Crippen LogP contribution is 2.59. The van der Waals surface area contributed by atoms with E-state index in [9.17, 15) is 0 Å². The summed E-state index contributed by atoms with van der Waals surface area (Å²) in [6.07, 6.45) is 11.3. The summed E-state index contributed by atoms with van der Waals surface area (Å²) < 4.78 is 2.55. The summed E-state index contributed by atoms with van der Waals surface area (Å²) >= 11 is 0. The highest BCUT2D eigenvalue weighted by molar-refractivity contribution is 6.15. The Bertz CT molecular complexity index is 3270. The Morgan fingerprint density at radius 3 is 1.61 bits per heavy atom. The molecule has 0 aliphatic heterocycles. The first-order valence-corrected chi connectivity index (χ1v) is 25.4. The van der Waals surface area contributed by atoms with Gasteiger partial charge in [0, 0.05) is 38.9 Å². The molecule has 67 heavy (non-hydrogen) atoms. The van der Waals surface area contributed by atoms with Gasteiger partial charge in [-0.15, -0.1) is 0 Å². The van der Waals surface area contributed by atoms with Gasteiger partial charge in [-0.3, -0.25) is 0 Å². The normalized spacial score (nSPS) is 23.0. The lowest BCUT2D eigenvalue weighted by atomic mass is 9.80. The molecule has 14 rings (SSSR count). The molecule has 5 aliphatic rings. The van der Waals surface area contributed by atoms with Crippen molar-refractivity contribution in [3.05, 3.63) is 204 Å². The summed E-state index contributed by atoms with van der Waals surface area (Å²) in [4.78, 5) is 2.57. The first-order valence-electron chi connectivity index (χ1n) is 25.4. The predicted molar refractivity (Wildman–Crippen MR) is 280 cm³/mol. The Morgan fingerprint density at radius 1 is 0.463 bits per heavy atom. The summed E-state index contributed by atoms with van der Waals surface area (Å²) in [5, 5.41) is 2.58. The molecule has 1 aromatic heterocycles. The van der Waals surface area contributed by atoms with Gasteiger partial charge in [0.2, 0.25) is 0 Å². The molecule has 0 spiro atoms. The van der Waals surface area contributed by atoms with Crippen LogP contribution in [0.15, 0.2) is 182 Å². The molecular formula is C65H58N2. The number of hydrogen-bond acceptors (Lipinski definition) is 1. The number of anilines is 3. The molecule has 4 bridgehead atoms. The van der Waals surface area contributed by atoms with E-state index < -0.39 is 0 Å². The van der Waals surface area contributed by atoms with Crippen molar-refractivity contribution in [2.75, 3.05) is 4.90 Å². The minimum atomic E-state index is -0.324. The molecule has 6 unspecified atom stereocenters. The van der Waals surface area contributed by atoms with Crippen molar-refractivity contribution in [3.8, 4) is 39.1 Å². The molecule has 9 aromatic rings. The molecule has 4 saturated carbocycles. The fraction of sp³-hybridized carbons (Fsp3) is 0.262. The number of rotatable bonds is 8. The molecule has 1 heterocycles. The van der Waals surface area contributed by atoms with Crippen molar-refractivity contribution >= 4 is 38.9 Å². The van der Waals surface area contributed by atoms with Gasteiger partial charge in [-0.2, -0.15) is 0 Å². The molecular weight excluding hydrogens is 809 g/mol. The second-order valence-electron chi connectivity index (χ2n) is 21.6. The van der Waals surface area contributed by atoms with E-state index in [1.165, 1.54) is 152 Å². The lowest BCUT2D eigenvalue weighted by Crippen LogP contribution is -2.18. The summed E-state index contributed by atoms with van der Waals surface area (Å²) in [6.45, 7) is 4.97. The summed E-state index contributed by atoms with van der Waals surface area (Å²) in [5.74, 6) is 4.99. The average molecular weight is 867 g/mol. The molecule has 8 aromatic carbocycles. The lowest BCUT2D eigenvalue weighted by Gasteiger charge is -2.30. The summed E-state index contributed by atoms with van der Waals surface area (Å²) in [6, 6.07) is 69.7. The zero-order chi connectivity index (χ0) is 44.4. The maximum atomic E-state index is 2.57. The van der Waals surface area contributed by atoms with Crippen LogP contribution in [-0.2, 0) is 5.41 Å². The molecule has 5 aliphatic carbocycles. The van der Waals surface area contributed by atoms with Crippen LogP contribution in [0.5, 0.6) is 0 Å². The van der Waals surface area contributed by atoms with Crippen LogP contribution >= 0.6 is 0 Å². The SMILES string of the molecule is CC1(C)c2cc(N(c3ccc(C4CC5CCC4C5)cc3)c3ccc(C4CC5CCC4C5)cc3)cc(-c3ccccc3)c2-c2ccc3c4cc(-c5ccccc5)ccc4n(-c4ccccc4)c3c21. The highest BCUT2D eigenvalue weighted by Gasteiger charge is 2.43. The van der Waals surface area contributed by atoms with E-state index >= 15 is 0 Å². The third-order valence-corrected chi connectivity index (χ3v) is 17.7. The van der Waals surface area contributed by atoms with E-state index in [4.69, 9.17) is 0 Å². The maximum Gasteiger partial charge on any atom is 0.0588 e. The molecule has 6 atom stereocenters. The molecule has 0 N–H and O–H groups in total. The molecule has 0 amide bonds. The van der Waals surface area contributed by atoms with Crippen LogP contribution in [0.4, 0.5) is 17.1 Å². The molecule has 4 fully saturated rings. The zero-order valence-corrected chi connectivity index (χ0v) is 38.8. The fourth-order valence-corrected chi connectivity index (χ4v) is 14.6. The fourth-order valence-electron chi connectivity index (χ4n) is 14.6. The van der Waals surface area contributed by atoms with E-state index in [1.807, 2.05) is 0 Å². The monoisotopic (exact) mass is 866 g/mol. The van der Waals surface area contributed by atoms with Crippen molar-refractivity contribution in [2.24, 2.45) is 23.7 Å². The average Bonchev–Trinajstić information content (AvgIpc) is 4.27. The highest BCUT2D eigenvalue weighted by atomic mass is 15.1. The van der Waals surface area contributed by atoms with Gasteiger partial charge in [0.05, 0.1) is 11.0 Å². The molecule has 0 radical (unpaired) electrons. The van der Waals surface area contributed by atoms with Crippen LogP contribution in [-0.4, -0.2) is 4.57 Å². The van der Waals surface area contributed by atoms with Gasteiger partial charge in [-0.25, -0.2) is 0 Å². The topological polar surface area (TPSA) is 8.17 Å². The van der Waals surface area contributed by atoms with Crippen LogP contribution in [0.3, 0.4) is 0 Å². The van der Waals surface area contributed by atoms with Gasteiger partial charge >= 0.3 is 0 Å². The number of para-hydroxylation sites is 1. The van der Waals surface area contributed by atoms with Crippen LogP contribution in [0.1, 0.15) is 99.3 Å². The van der Waals surface area contributed by atoms with Gasteiger partial charge in [0.25, 0.3) is 0 Å². The number of nitrogens with zero attached hydrogens (tertiary/aromatic N) is 2. The molecule has 328 valence electrons. The minimum absolute atomic E-state index is 0.324.